The molecule has 0 unspecified atom stereocenters. The summed E-state index contributed by atoms with van der Waals surface area (Å²) in [5.74, 6) is 0.170. The van der Waals surface area contributed by atoms with Crippen molar-refractivity contribution in [3.05, 3.63) is 127 Å². The predicted octanol–water partition coefficient (Wildman–Crippen LogP) is 4.15. The number of esters is 1. The highest BCUT2D eigenvalue weighted by atomic mass is 32.1. The van der Waals surface area contributed by atoms with Crippen LogP contribution < -0.4 is 19.6 Å². The van der Waals surface area contributed by atoms with E-state index in [1.54, 1.807) is 11.5 Å². The first-order chi connectivity index (χ1) is 24.0. The summed E-state index contributed by atoms with van der Waals surface area (Å²) in [5, 5.41) is 0.920. The Morgan fingerprint density at radius 1 is 0.959 bits per heavy atom. The van der Waals surface area contributed by atoms with Gasteiger partial charge in [0.15, 0.2) is 4.80 Å². The van der Waals surface area contributed by atoms with Gasteiger partial charge in [-0.15, -0.1) is 0 Å². The summed E-state index contributed by atoms with van der Waals surface area (Å²) in [6.45, 7) is 6.74. The molecule has 2 aliphatic rings. The van der Waals surface area contributed by atoms with Crippen LogP contribution in [0.4, 0.5) is 0 Å². The third kappa shape index (κ3) is 6.34. The van der Waals surface area contributed by atoms with Crippen LogP contribution in [0.5, 0.6) is 5.75 Å². The minimum Gasteiger partial charge on any atom is -0.494 e. The molecule has 2 aliphatic heterocycles. The molecule has 1 saturated heterocycles. The number of rotatable bonds is 9. The van der Waals surface area contributed by atoms with Gasteiger partial charge in [-0.1, -0.05) is 72.0 Å². The second-order valence-electron chi connectivity index (χ2n) is 11.7. The fourth-order valence-corrected chi connectivity index (χ4v) is 7.38. The smallest absolute Gasteiger partial charge is 0.338 e. The number of hydrogen-bond acceptors (Lipinski definition) is 8. The molecular weight excluding hydrogens is 641 g/mol. The molecule has 1 atom stereocenters. The zero-order valence-corrected chi connectivity index (χ0v) is 28.2. The van der Waals surface area contributed by atoms with Crippen molar-refractivity contribution in [2.24, 2.45) is 4.99 Å². The Labute approximate surface area is 286 Å². The summed E-state index contributed by atoms with van der Waals surface area (Å²) in [7, 11) is 0. The largest absolute Gasteiger partial charge is 0.494 e. The van der Waals surface area contributed by atoms with Crippen molar-refractivity contribution in [1.82, 2.24) is 14.0 Å². The number of benzene rings is 3. The van der Waals surface area contributed by atoms with Gasteiger partial charge in [-0.3, -0.25) is 14.2 Å². The van der Waals surface area contributed by atoms with Crippen molar-refractivity contribution in [3.63, 3.8) is 0 Å². The highest BCUT2D eigenvalue weighted by molar-refractivity contribution is 7.07. The van der Waals surface area contributed by atoms with Gasteiger partial charge in [0, 0.05) is 41.3 Å². The summed E-state index contributed by atoms with van der Waals surface area (Å²) in [5.41, 5.74) is 3.64. The SMILES string of the molecule is CCOC(=O)C1=C(c2ccccc2)N=c2s/c(=C\c3cn(CC(=O)N4CCOCC4)c4ccccc34)c(=O)n2[C@H]1c1ccc(OCC)cc1. The highest BCUT2D eigenvalue weighted by Gasteiger charge is 2.35. The van der Waals surface area contributed by atoms with Crippen LogP contribution in [-0.4, -0.2) is 65.4 Å². The fourth-order valence-electron chi connectivity index (χ4n) is 6.39. The van der Waals surface area contributed by atoms with E-state index in [1.165, 1.54) is 11.3 Å². The number of hydrogen-bond donors (Lipinski definition) is 0. The Morgan fingerprint density at radius 3 is 2.43 bits per heavy atom. The van der Waals surface area contributed by atoms with Gasteiger partial charge < -0.3 is 23.7 Å². The first-order valence-electron chi connectivity index (χ1n) is 16.4. The molecule has 5 aromatic rings. The van der Waals surface area contributed by atoms with E-state index in [0.717, 1.165) is 27.6 Å². The number of para-hydroxylation sites is 1. The molecule has 0 saturated carbocycles. The Balaban J connectivity index is 1.39. The van der Waals surface area contributed by atoms with E-state index in [2.05, 4.69) is 0 Å². The van der Waals surface area contributed by atoms with E-state index in [0.29, 0.717) is 53.7 Å². The maximum Gasteiger partial charge on any atom is 0.338 e. The van der Waals surface area contributed by atoms with Crippen LogP contribution in [0.25, 0.3) is 22.7 Å². The van der Waals surface area contributed by atoms with Crippen molar-refractivity contribution in [2.75, 3.05) is 39.5 Å². The molecule has 1 fully saturated rings. The van der Waals surface area contributed by atoms with Crippen LogP contribution in [-0.2, 0) is 25.6 Å². The lowest BCUT2D eigenvalue weighted by molar-refractivity contribution is -0.139. The third-order valence-electron chi connectivity index (χ3n) is 8.66. The van der Waals surface area contributed by atoms with Gasteiger partial charge in [0.05, 0.1) is 48.3 Å². The number of amides is 1. The molecule has 4 heterocycles. The lowest BCUT2D eigenvalue weighted by Crippen LogP contribution is -2.42. The zero-order valence-electron chi connectivity index (χ0n) is 27.3. The number of morpholine rings is 1. The van der Waals surface area contributed by atoms with Gasteiger partial charge in [0.25, 0.3) is 5.56 Å². The van der Waals surface area contributed by atoms with Crippen molar-refractivity contribution < 1.29 is 23.8 Å². The number of ether oxygens (including phenoxy) is 3. The summed E-state index contributed by atoms with van der Waals surface area (Å²) in [4.78, 5) is 48.7. The first kappa shape index (κ1) is 32.3. The van der Waals surface area contributed by atoms with Crippen LogP contribution in [0.15, 0.2) is 100 Å². The molecular formula is C38H36N4O6S. The van der Waals surface area contributed by atoms with Gasteiger partial charge in [0.1, 0.15) is 12.3 Å². The molecule has 0 aliphatic carbocycles. The highest BCUT2D eigenvalue weighted by Crippen LogP contribution is 2.36. The quantitative estimate of drug-likeness (QED) is 0.218. The molecule has 11 heteroatoms. The Bertz CT molecular complexity index is 2230. The first-order valence-corrected chi connectivity index (χ1v) is 17.2. The van der Waals surface area contributed by atoms with Crippen molar-refractivity contribution >= 4 is 45.9 Å². The number of carbonyl (C=O) groups excluding carboxylic acids is 2. The average molecular weight is 677 g/mol. The van der Waals surface area contributed by atoms with Crippen molar-refractivity contribution in [2.45, 2.75) is 26.4 Å². The van der Waals surface area contributed by atoms with Crippen LogP contribution in [0, 0.1) is 0 Å². The molecule has 2 aromatic heterocycles. The summed E-state index contributed by atoms with van der Waals surface area (Å²) in [6.07, 6.45) is 3.78. The topological polar surface area (TPSA) is 104 Å². The lowest BCUT2D eigenvalue weighted by Gasteiger charge is -2.27. The predicted molar refractivity (Wildman–Crippen MR) is 188 cm³/mol. The zero-order chi connectivity index (χ0) is 33.9. The number of nitrogens with zero attached hydrogens (tertiary/aromatic N) is 4. The second kappa shape index (κ2) is 14.1. The standard InChI is InChI=1S/C38H36N4O6S/c1-3-47-28-16-14-26(15-17-28)35-33(37(45)48-4-2)34(25-10-6-5-7-11-25)39-38-42(35)36(44)31(49-38)22-27-23-41(30-13-9-8-12-29(27)30)24-32(43)40-18-20-46-21-19-40/h5-17,22-23,35H,3-4,18-21,24H2,1-2H3/b31-22-/t35-/m0/s1. The van der Waals surface area contributed by atoms with Crippen LogP contribution >= 0.6 is 11.3 Å². The summed E-state index contributed by atoms with van der Waals surface area (Å²) in [6, 6.07) is 24.0. The average Bonchev–Trinajstić information content (AvgIpc) is 3.64. The number of carbonyl (C=O) groups is 2. The number of aromatic nitrogens is 2. The Hall–Kier alpha value is -5.26. The summed E-state index contributed by atoms with van der Waals surface area (Å²) < 4.78 is 20.7. The normalized spacial score (nSPS) is 16.4. The van der Waals surface area contributed by atoms with E-state index in [9.17, 15) is 14.4 Å². The fraction of sp³-hybridized carbons (Fsp3) is 0.263. The molecule has 0 radical (unpaired) electrons. The molecule has 0 spiro atoms. The molecule has 3 aromatic carbocycles. The molecule has 49 heavy (non-hydrogen) atoms. The number of thiazole rings is 1. The molecule has 1 amide bonds. The minimum atomic E-state index is -0.796. The minimum absolute atomic E-state index is 0.0188. The van der Waals surface area contributed by atoms with Gasteiger partial charge in [-0.05, 0) is 43.7 Å². The molecule has 0 N–H and O–H groups in total. The Morgan fingerprint density at radius 2 is 1.69 bits per heavy atom. The number of fused-ring (bicyclic) bond motifs is 2. The molecule has 7 rings (SSSR count). The molecule has 10 nitrogen and oxygen atoms in total. The maximum atomic E-state index is 14.5. The van der Waals surface area contributed by atoms with Crippen LogP contribution in [0.2, 0.25) is 0 Å². The van der Waals surface area contributed by atoms with Crippen LogP contribution in [0.3, 0.4) is 0 Å². The van der Waals surface area contributed by atoms with E-state index in [1.807, 2.05) is 108 Å². The van der Waals surface area contributed by atoms with E-state index in [4.69, 9.17) is 19.2 Å². The third-order valence-corrected chi connectivity index (χ3v) is 9.64. The van der Waals surface area contributed by atoms with E-state index < -0.39 is 12.0 Å². The van der Waals surface area contributed by atoms with E-state index >= 15 is 0 Å². The van der Waals surface area contributed by atoms with E-state index in [-0.39, 0.29) is 30.2 Å². The van der Waals surface area contributed by atoms with Gasteiger partial charge in [0.2, 0.25) is 5.91 Å². The second-order valence-corrected chi connectivity index (χ2v) is 12.7. The Kier molecular flexibility index (Phi) is 9.28. The van der Waals surface area contributed by atoms with Crippen molar-refractivity contribution in [3.8, 4) is 5.75 Å². The van der Waals surface area contributed by atoms with Crippen molar-refractivity contribution in [1.29, 1.82) is 0 Å². The van der Waals surface area contributed by atoms with Gasteiger partial charge in [-0.2, -0.15) is 0 Å². The van der Waals surface area contributed by atoms with Crippen LogP contribution in [0.1, 0.15) is 36.6 Å². The maximum absolute atomic E-state index is 14.5. The lowest BCUT2D eigenvalue weighted by atomic mass is 9.93. The van der Waals surface area contributed by atoms with Gasteiger partial charge >= 0.3 is 5.97 Å². The monoisotopic (exact) mass is 676 g/mol. The molecule has 250 valence electrons. The van der Waals surface area contributed by atoms with Gasteiger partial charge in [-0.25, -0.2) is 9.79 Å². The summed E-state index contributed by atoms with van der Waals surface area (Å²) >= 11 is 1.27. The molecule has 0 bridgehead atoms.